The van der Waals surface area contributed by atoms with Gasteiger partial charge in [-0.05, 0) is 13.0 Å². The molecular weight excluding hydrogens is 227 g/mol. The Hall–Kier alpha value is -1.79. The van der Waals surface area contributed by atoms with Crippen LogP contribution in [0.25, 0.3) is 0 Å². The number of nitrogens with zero attached hydrogens (tertiary/aromatic N) is 1. The third-order valence-electron chi connectivity index (χ3n) is 1.77. The minimum absolute atomic E-state index is 0.254. The number of aryl methyl sites for hydroxylation is 1. The van der Waals surface area contributed by atoms with Gasteiger partial charge in [-0.25, -0.2) is 0 Å². The van der Waals surface area contributed by atoms with E-state index in [9.17, 15) is 23.3 Å². The molecule has 16 heavy (non-hydrogen) atoms. The standard InChI is InChI=1S/C9H8F3NO3/c1-6-3-2-4-7(8(6)13(14)15)16-5-9(10,11)12/h2-4H,5H2,1H3. The third kappa shape index (κ3) is 3.11. The van der Waals surface area contributed by atoms with Crippen molar-refractivity contribution in [3.05, 3.63) is 33.9 Å². The number of halogens is 3. The Morgan fingerprint density at radius 3 is 2.56 bits per heavy atom. The summed E-state index contributed by atoms with van der Waals surface area (Å²) in [6.45, 7) is -0.115. The van der Waals surface area contributed by atoms with Gasteiger partial charge < -0.3 is 4.74 Å². The monoisotopic (exact) mass is 235 g/mol. The maximum Gasteiger partial charge on any atom is 0.422 e. The molecule has 0 radical (unpaired) electrons. The molecule has 0 fully saturated rings. The number of hydrogen-bond acceptors (Lipinski definition) is 3. The van der Waals surface area contributed by atoms with Crippen LogP contribution in [-0.4, -0.2) is 17.7 Å². The molecule has 0 aliphatic rings. The fraction of sp³-hybridized carbons (Fsp3) is 0.333. The van der Waals surface area contributed by atoms with Gasteiger partial charge in [-0.15, -0.1) is 0 Å². The molecule has 0 bridgehead atoms. The summed E-state index contributed by atoms with van der Waals surface area (Å²) in [5.74, 6) is -0.373. The van der Waals surface area contributed by atoms with Crippen molar-refractivity contribution in [2.45, 2.75) is 13.1 Å². The Morgan fingerprint density at radius 2 is 2.06 bits per heavy atom. The average molecular weight is 235 g/mol. The normalized spacial score (nSPS) is 11.2. The first-order valence-electron chi connectivity index (χ1n) is 4.25. The second kappa shape index (κ2) is 4.38. The van der Waals surface area contributed by atoms with Gasteiger partial charge in [-0.1, -0.05) is 12.1 Å². The van der Waals surface area contributed by atoms with E-state index in [4.69, 9.17) is 0 Å². The Balaban J connectivity index is 2.96. The molecule has 0 aliphatic carbocycles. The maximum absolute atomic E-state index is 11.9. The van der Waals surface area contributed by atoms with Gasteiger partial charge >= 0.3 is 11.9 Å². The van der Waals surface area contributed by atoms with Crippen LogP contribution in [0.5, 0.6) is 5.75 Å². The first-order chi connectivity index (χ1) is 7.31. The number of rotatable bonds is 3. The summed E-state index contributed by atoms with van der Waals surface area (Å²) in [4.78, 5) is 9.85. The zero-order valence-corrected chi connectivity index (χ0v) is 8.25. The van der Waals surface area contributed by atoms with Gasteiger partial charge in [0.05, 0.1) is 4.92 Å². The topological polar surface area (TPSA) is 52.4 Å². The smallest absolute Gasteiger partial charge is 0.422 e. The summed E-state index contributed by atoms with van der Waals surface area (Å²) < 4.78 is 40.0. The van der Waals surface area contributed by atoms with Crippen LogP contribution in [0.3, 0.4) is 0 Å². The van der Waals surface area contributed by atoms with E-state index in [0.717, 1.165) is 6.07 Å². The van der Waals surface area contributed by atoms with E-state index < -0.39 is 23.4 Å². The van der Waals surface area contributed by atoms with E-state index in [1.807, 2.05) is 0 Å². The molecule has 1 aromatic rings. The Bertz CT molecular complexity index is 403. The molecule has 0 amide bonds. The van der Waals surface area contributed by atoms with Gasteiger partial charge in [0.15, 0.2) is 12.4 Å². The molecule has 0 heterocycles. The number of nitro benzene ring substituents is 1. The molecule has 7 heteroatoms. The number of ether oxygens (including phenoxy) is 1. The molecule has 1 aromatic carbocycles. The SMILES string of the molecule is Cc1cccc(OCC(F)(F)F)c1[N+](=O)[O-]. The van der Waals surface area contributed by atoms with Crippen molar-refractivity contribution < 1.29 is 22.8 Å². The number of alkyl halides is 3. The van der Waals surface area contributed by atoms with E-state index in [-0.39, 0.29) is 11.3 Å². The van der Waals surface area contributed by atoms with Crippen LogP contribution in [0.2, 0.25) is 0 Å². The van der Waals surface area contributed by atoms with Crippen LogP contribution >= 0.6 is 0 Å². The van der Waals surface area contributed by atoms with Crippen molar-refractivity contribution in [2.24, 2.45) is 0 Å². The zero-order valence-electron chi connectivity index (χ0n) is 8.25. The first-order valence-corrected chi connectivity index (χ1v) is 4.25. The van der Waals surface area contributed by atoms with Gasteiger partial charge in [0.1, 0.15) is 0 Å². The van der Waals surface area contributed by atoms with Crippen LogP contribution in [-0.2, 0) is 0 Å². The third-order valence-corrected chi connectivity index (χ3v) is 1.77. The molecule has 0 spiro atoms. The molecule has 0 N–H and O–H groups in total. The summed E-state index contributed by atoms with van der Waals surface area (Å²) in [6, 6.07) is 3.96. The Kier molecular flexibility index (Phi) is 3.36. The van der Waals surface area contributed by atoms with E-state index in [1.54, 1.807) is 0 Å². The van der Waals surface area contributed by atoms with E-state index >= 15 is 0 Å². The molecule has 1 rings (SSSR count). The Labute approximate surface area is 88.8 Å². The van der Waals surface area contributed by atoms with Crippen LogP contribution in [0.15, 0.2) is 18.2 Å². The summed E-state index contributed by atoms with van der Waals surface area (Å²) in [6.07, 6.45) is -4.52. The van der Waals surface area contributed by atoms with Crippen LogP contribution in [0, 0.1) is 17.0 Å². The predicted molar refractivity (Wildman–Crippen MR) is 49.4 cm³/mol. The van der Waals surface area contributed by atoms with Crippen molar-refractivity contribution in [2.75, 3.05) is 6.61 Å². The average Bonchev–Trinajstić information content (AvgIpc) is 2.12. The van der Waals surface area contributed by atoms with Crippen molar-refractivity contribution in [3.8, 4) is 5.75 Å². The molecule has 0 aromatic heterocycles. The molecule has 88 valence electrons. The minimum atomic E-state index is -4.52. The minimum Gasteiger partial charge on any atom is -0.477 e. The molecule has 0 atom stereocenters. The molecule has 0 unspecified atom stereocenters. The van der Waals surface area contributed by atoms with Crippen LogP contribution in [0.1, 0.15) is 5.56 Å². The molecule has 0 aliphatic heterocycles. The van der Waals surface area contributed by atoms with E-state index in [0.29, 0.717) is 0 Å². The van der Waals surface area contributed by atoms with E-state index in [1.165, 1.54) is 19.1 Å². The van der Waals surface area contributed by atoms with Crippen molar-refractivity contribution >= 4 is 5.69 Å². The molecule has 0 saturated carbocycles. The lowest BCUT2D eigenvalue weighted by Gasteiger charge is -2.09. The molecular formula is C9H8F3NO3. The van der Waals surface area contributed by atoms with Gasteiger partial charge in [0, 0.05) is 5.56 Å². The zero-order chi connectivity index (χ0) is 12.3. The highest BCUT2D eigenvalue weighted by molar-refractivity contribution is 5.52. The van der Waals surface area contributed by atoms with Crippen molar-refractivity contribution in [1.82, 2.24) is 0 Å². The number of nitro groups is 1. The summed E-state index contributed by atoms with van der Waals surface area (Å²) in [5, 5.41) is 10.6. The summed E-state index contributed by atoms with van der Waals surface area (Å²) in [7, 11) is 0. The number of para-hydroxylation sites is 1. The predicted octanol–water partition coefficient (Wildman–Crippen LogP) is 2.84. The van der Waals surface area contributed by atoms with Gasteiger partial charge in [-0.3, -0.25) is 10.1 Å². The Morgan fingerprint density at radius 1 is 1.44 bits per heavy atom. The number of hydrogen-bond donors (Lipinski definition) is 0. The fourth-order valence-electron chi connectivity index (χ4n) is 1.14. The van der Waals surface area contributed by atoms with Gasteiger partial charge in [-0.2, -0.15) is 13.2 Å². The number of benzene rings is 1. The van der Waals surface area contributed by atoms with E-state index in [2.05, 4.69) is 4.74 Å². The summed E-state index contributed by atoms with van der Waals surface area (Å²) >= 11 is 0. The molecule has 4 nitrogen and oxygen atoms in total. The van der Waals surface area contributed by atoms with Gasteiger partial charge in [0.2, 0.25) is 0 Å². The highest BCUT2D eigenvalue weighted by Crippen LogP contribution is 2.31. The van der Waals surface area contributed by atoms with Crippen LogP contribution in [0.4, 0.5) is 18.9 Å². The van der Waals surface area contributed by atoms with Crippen LogP contribution < -0.4 is 4.74 Å². The second-order valence-corrected chi connectivity index (χ2v) is 3.08. The van der Waals surface area contributed by atoms with Crippen molar-refractivity contribution in [1.29, 1.82) is 0 Å². The maximum atomic E-state index is 11.9. The quantitative estimate of drug-likeness (QED) is 0.597. The highest BCUT2D eigenvalue weighted by atomic mass is 19.4. The largest absolute Gasteiger partial charge is 0.477 e. The lowest BCUT2D eigenvalue weighted by Crippen LogP contribution is -2.19. The van der Waals surface area contributed by atoms with Gasteiger partial charge in [0.25, 0.3) is 0 Å². The van der Waals surface area contributed by atoms with Crippen molar-refractivity contribution in [3.63, 3.8) is 0 Å². The lowest BCUT2D eigenvalue weighted by atomic mass is 10.2. The molecule has 0 saturated heterocycles. The summed E-state index contributed by atoms with van der Waals surface area (Å²) in [5.41, 5.74) is -0.184. The first kappa shape index (κ1) is 12.3. The highest BCUT2D eigenvalue weighted by Gasteiger charge is 2.30. The fourth-order valence-corrected chi connectivity index (χ4v) is 1.14. The lowest BCUT2D eigenvalue weighted by molar-refractivity contribution is -0.386. The second-order valence-electron chi connectivity index (χ2n) is 3.08.